The Balaban J connectivity index is 1.94. The monoisotopic (exact) mass is 332 g/mol. The van der Waals surface area contributed by atoms with Crippen LogP contribution in [0.25, 0.3) is 0 Å². The lowest BCUT2D eigenvalue weighted by atomic mass is 10.1. The Kier molecular flexibility index (Phi) is 6.00. The molecule has 120 valence electrons. The highest BCUT2D eigenvalue weighted by Crippen LogP contribution is 2.28. The second-order valence-corrected chi connectivity index (χ2v) is 5.16. The van der Waals surface area contributed by atoms with Gasteiger partial charge in [-0.05, 0) is 36.8 Å². The highest BCUT2D eigenvalue weighted by molar-refractivity contribution is 6.30. The number of hydrogen-bond donors (Lipinski definition) is 2. The SMILES string of the molecule is CCOc1cccc(/C=N\NC(=O)Cc2ccc(Cl)cc2)c1O. The fourth-order valence-electron chi connectivity index (χ4n) is 1.92. The van der Waals surface area contributed by atoms with Crippen LogP contribution in [0, 0.1) is 0 Å². The molecule has 0 fully saturated rings. The van der Waals surface area contributed by atoms with Gasteiger partial charge in [0.2, 0.25) is 5.91 Å². The van der Waals surface area contributed by atoms with Crippen molar-refractivity contribution in [2.45, 2.75) is 13.3 Å². The Hall–Kier alpha value is -2.53. The van der Waals surface area contributed by atoms with E-state index < -0.39 is 0 Å². The van der Waals surface area contributed by atoms with Crippen LogP contribution >= 0.6 is 11.6 Å². The van der Waals surface area contributed by atoms with E-state index in [1.54, 1.807) is 42.5 Å². The van der Waals surface area contributed by atoms with Gasteiger partial charge in [-0.25, -0.2) is 5.43 Å². The van der Waals surface area contributed by atoms with E-state index in [-0.39, 0.29) is 18.1 Å². The number of amides is 1. The van der Waals surface area contributed by atoms with Gasteiger partial charge in [-0.2, -0.15) is 5.10 Å². The lowest BCUT2D eigenvalue weighted by Gasteiger charge is -2.07. The summed E-state index contributed by atoms with van der Waals surface area (Å²) in [6, 6.07) is 12.1. The first-order valence-corrected chi connectivity index (χ1v) is 7.49. The first-order valence-electron chi connectivity index (χ1n) is 7.11. The van der Waals surface area contributed by atoms with Gasteiger partial charge in [-0.15, -0.1) is 0 Å². The van der Waals surface area contributed by atoms with Crippen molar-refractivity contribution in [2.75, 3.05) is 6.61 Å². The Morgan fingerprint density at radius 3 is 2.74 bits per heavy atom. The number of aromatic hydroxyl groups is 1. The number of hydrazone groups is 1. The molecule has 0 aliphatic heterocycles. The number of benzene rings is 2. The minimum absolute atomic E-state index is 0.00921. The zero-order chi connectivity index (χ0) is 16.7. The highest BCUT2D eigenvalue weighted by atomic mass is 35.5. The number of phenols is 1. The van der Waals surface area contributed by atoms with Crippen LogP contribution in [-0.2, 0) is 11.2 Å². The van der Waals surface area contributed by atoms with Crippen molar-refractivity contribution in [1.29, 1.82) is 0 Å². The van der Waals surface area contributed by atoms with Crippen LogP contribution in [-0.4, -0.2) is 23.8 Å². The molecule has 6 heteroatoms. The number of halogens is 1. The maximum absolute atomic E-state index is 11.8. The smallest absolute Gasteiger partial charge is 0.244 e. The zero-order valence-electron chi connectivity index (χ0n) is 12.6. The minimum atomic E-state index is -0.260. The summed E-state index contributed by atoms with van der Waals surface area (Å²) >= 11 is 5.79. The van der Waals surface area contributed by atoms with Gasteiger partial charge in [-0.1, -0.05) is 29.8 Å². The fraction of sp³-hybridized carbons (Fsp3) is 0.176. The molecule has 2 rings (SSSR count). The van der Waals surface area contributed by atoms with E-state index in [1.165, 1.54) is 6.21 Å². The molecular weight excluding hydrogens is 316 g/mol. The van der Waals surface area contributed by atoms with E-state index in [0.717, 1.165) is 5.56 Å². The second-order valence-electron chi connectivity index (χ2n) is 4.72. The fourth-order valence-corrected chi connectivity index (χ4v) is 2.04. The molecule has 0 aromatic heterocycles. The summed E-state index contributed by atoms with van der Waals surface area (Å²) in [5.41, 5.74) is 3.72. The van der Waals surface area contributed by atoms with Gasteiger partial charge in [0.25, 0.3) is 0 Å². The van der Waals surface area contributed by atoms with Crippen molar-refractivity contribution in [2.24, 2.45) is 5.10 Å². The van der Waals surface area contributed by atoms with Crippen molar-refractivity contribution < 1.29 is 14.6 Å². The van der Waals surface area contributed by atoms with E-state index in [9.17, 15) is 9.90 Å². The predicted molar refractivity (Wildman–Crippen MR) is 90.2 cm³/mol. The standard InChI is InChI=1S/C17H17ClN2O3/c1-2-23-15-5-3-4-13(17(15)22)11-19-20-16(21)10-12-6-8-14(18)9-7-12/h3-9,11,22H,2,10H2,1H3,(H,20,21)/b19-11-. The summed E-state index contributed by atoms with van der Waals surface area (Å²) in [7, 11) is 0. The lowest BCUT2D eigenvalue weighted by Crippen LogP contribution is -2.19. The maximum atomic E-state index is 11.8. The van der Waals surface area contributed by atoms with Gasteiger partial charge < -0.3 is 9.84 Å². The molecule has 2 N–H and O–H groups in total. The molecule has 2 aromatic carbocycles. The number of carbonyl (C=O) groups excluding carboxylic acids is 1. The molecule has 0 heterocycles. The van der Waals surface area contributed by atoms with E-state index in [2.05, 4.69) is 10.5 Å². The first kappa shape index (κ1) is 16.8. The molecule has 5 nitrogen and oxygen atoms in total. The number of para-hydroxylation sites is 1. The number of nitrogens with zero attached hydrogens (tertiary/aromatic N) is 1. The zero-order valence-corrected chi connectivity index (χ0v) is 13.4. The molecule has 0 saturated heterocycles. The quantitative estimate of drug-likeness (QED) is 0.630. The van der Waals surface area contributed by atoms with Crippen molar-refractivity contribution in [3.63, 3.8) is 0 Å². The Morgan fingerprint density at radius 1 is 1.30 bits per heavy atom. The van der Waals surface area contributed by atoms with Crippen LogP contribution < -0.4 is 10.2 Å². The third kappa shape index (κ3) is 5.00. The summed E-state index contributed by atoms with van der Waals surface area (Å²) in [6.45, 7) is 2.28. The van der Waals surface area contributed by atoms with Crippen LogP contribution in [0.15, 0.2) is 47.6 Å². The molecule has 0 aliphatic rings. The van der Waals surface area contributed by atoms with Crippen molar-refractivity contribution in [1.82, 2.24) is 5.43 Å². The maximum Gasteiger partial charge on any atom is 0.244 e. The molecular formula is C17H17ClN2O3. The van der Waals surface area contributed by atoms with Crippen molar-refractivity contribution in [3.05, 3.63) is 58.6 Å². The molecule has 0 radical (unpaired) electrons. The lowest BCUT2D eigenvalue weighted by molar-refractivity contribution is -0.120. The van der Waals surface area contributed by atoms with Gasteiger partial charge in [0, 0.05) is 10.6 Å². The average molecular weight is 333 g/mol. The van der Waals surface area contributed by atoms with Gasteiger partial charge in [0.15, 0.2) is 11.5 Å². The number of nitrogens with one attached hydrogen (secondary N) is 1. The van der Waals surface area contributed by atoms with Crippen LogP contribution in [0.1, 0.15) is 18.1 Å². The van der Waals surface area contributed by atoms with Crippen molar-refractivity contribution in [3.8, 4) is 11.5 Å². The average Bonchev–Trinajstić information content (AvgIpc) is 2.53. The van der Waals surface area contributed by atoms with E-state index in [1.807, 2.05) is 6.92 Å². The molecule has 23 heavy (non-hydrogen) atoms. The van der Waals surface area contributed by atoms with Crippen LogP contribution in [0.5, 0.6) is 11.5 Å². The third-order valence-electron chi connectivity index (χ3n) is 3.00. The normalized spacial score (nSPS) is 10.7. The van der Waals surface area contributed by atoms with Gasteiger partial charge in [0.05, 0.1) is 19.2 Å². The number of rotatable bonds is 6. The Labute approximate surface area is 139 Å². The molecule has 0 saturated carbocycles. The van der Waals surface area contributed by atoms with Gasteiger partial charge >= 0.3 is 0 Å². The van der Waals surface area contributed by atoms with E-state index in [0.29, 0.717) is 22.9 Å². The predicted octanol–water partition coefficient (Wildman–Crippen LogP) is 3.14. The van der Waals surface area contributed by atoms with Crippen LogP contribution in [0.2, 0.25) is 5.02 Å². The number of phenolic OH excluding ortho intramolecular Hbond substituents is 1. The number of hydrogen-bond acceptors (Lipinski definition) is 4. The summed E-state index contributed by atoms with van der Waals surface area (Å²) in [5.74, 6) is 0.109. The summed E-state index contributed by atoms with van der Waals surface area (Å²) in [4.78, 5) is 11.8. The third-order valence-corrected chi connectivity index (χ3v) is 3.25. The molecule has 1 amide bonds. The summed E-state index contributed by atoms with van der Waals surface area (Å²) in [6.07, 6.45) is 1.57. The van der Waals surface area contributed by atoms with Crippen LogP contribution in [0.3, 0.4) is 0 Å². The van der Waals surface area contributed by atoms with E-state index in [4.69, 9.17) is 16.3 Å². The van der Waals surface area contributed by atoms with E-state index >= 15 is 0 Å². The molecule has 0 bridgehead atoms. The number of carbonyl (C=O) groups is 1. The topological polar surface area (TPSA) is 70.9 Å². The van der Waals surface area contributed by atoms with Crippen LogP contribution in [0.4, 0.5) is 0 Å². The molecule has 0 atom stereocenters. The van der Waals surface area contributed by atoms with Gasteiger partial charge in [0.1, 0.15) is 0 Å². The van der Waals surface area contributed by atoms with Gasteiger partial charge in [-0.3, -0.25) is 4.79 Å². The second kappa shape index (κ2) is 8.19. The summed E-state index contributed by atoms with van der Waals surface area (Å²) < 4.78 is 5.28. The molecule has 0 spiro atoms. The minimum Gasteiger partial charge on any atom is -0.504 e. The first-order chi connectivity index (χ1) is 11.1. The van der Waals surface area contributed by atoms with Crippen molar-refractivity contribution >= 4 is 23.7 Å². The Bertz CT molecular complexity index is 699. The largest absolute Gasteiger partial charge is 0.504 e. The number of ether oxygens (including phenoxy) is 1. The summed E-state index contributed by atoms with van der Waals surface area (Å²) in [5, 5.41) is 14.5. The molecule has 2 aromatic rings. The molecule has 0 unspecified atom stereocenters. The molecule has 0 aliphatic carbocycles. The Morgan fingerprint density at radius 2 is 2.04 bits per heavy atom. The highest BCUT2D eigenvalue weighted by Gasteiger charge is 2.06.